The number of allylic oxidation sites excluding steroid dienone is 3. The lowest BCUT2D eigenvalue weighted by Crippen LogP contribution is -2.36. The summed E-state index contributed by atoms with van der Waals surface area (Å²) in [6.45, 7) is 10.7. The Morgan fingerprint density at radius 2 is 1.97 bits per heavy atom. The van der Waals surface area contributed by atoms with Gasteiger partial charge in [0.05, 0.1) is 24.4 Å². The fourth-order valence-electron chi connectivity index (χ4n) is 3.84. The van der Waals surface area contributed by atoms with Crippen LogP contribution in [-0.2, 0) is 11.2 Å². The molecule has 2 aromatic carbocycles. The van der Waals surface area contributed by atoms with E-state index in [1.165, 1.54) is 18.5 Å². The monoisotopic (exact) mass is 464 g/mol. The van der Waals surface area contributed by atoms with Gasteiger partial charge in [-0.2, -0.15) is 0 Å². The van der Waals surface area contributed by atoms with E-state index in [1.54, 1.807) is 6.07 Å². The Bertz CT molecular complexity index is 1240. The van der Waals surface area contributed by atoms with E-state index in [0.29, 0.717) is 36.1 Å². The molecule has 0 amide bonds. The normalized spacial score (nSPS) is 14.4. The Balaban J connectivity index is 1.72. The predicted octanol–water partition coefficient (Wildman–Crippen LogP) is 5.93. The first-order valence-corrected chi connectivity index (χ1v) is 11.2. The molecule has 2 heterocycles. The smallest absolute Gasteiger partial charge is 0.132 e. The first-order valence-electron chi connectivity index (χ1n) is 10.9. The van der Waals surface area contributed by atoms with Crippen molar-refractivity contribution >= 4 is 33.4 Å². The molecular formula is C26H26ClFN4O. The molecule has 0 radical (unpaired) electrons. The molecule has 33 heavy (non-hydrogen) atoms. The van der Waals surface area contributed by atoms with Gasteiger partial charge in [0.2, 0.25) is 0 Å². The summed E-state index contributed by atoms with van der Waals surface area (Å²) < 4.78 is 20.4. The number of hydrogen-bond donors (Lipinski definition) is 0. The van der Waals surface area contributed by atoms with Gasteiger partial charge >= 0.3 is 0 Å². The summed E-state index contributed by atoms with van der Waals surface area (Å²) in [7, 11) is 0. The minimum Gasteiger partial charge on any atom is -0.378 e. The third-order valence-electron chi connectivity index (χ3n) is 5.64. The molecule has 7 heteroatoms. The topological polar surface area (TPSA) is 50.6 Å². The average Bonchev–Trinajstić information content (AvgIpc) is 2.84. The summed E-state index contributed by atoms with van der Waals surface area (Å²) in [6, 6.07) is 11.1. The van der Waals surface area contributed by atoms with Crippen LogP contribution in [0.25, 0.3) is 22.2 Å². The van der Waals surface area contributed by atoms with Gasteiger partial charge in [0.25, 0.3) is 0 Å². The van der Waals surface area contributed by atoms with Crippen molar-refractivity contribution in [2.45, 2.75) is 20.3 Å². The maximum absolute atomic E-state index is 15.0. The third kappa shape index (κ3) is 5.29. The highest BCUT2D eigenvalue weighted by Crippen LogP contribution is 2.31. The highest BCUT2D eigenvalue weighted by atomic mass is 35.5. The number of halogens is 2. The predicted molar refractivity (Wildman–Crippen MR) is 134 cm³/mol. The van der Waals surface area contributed by atoms with Crippen LogP contribution >= 0.6 is 11.6 Å². The Labute approximate surface area is 198 Å². The lowest BCUT2D eigenvalue weighted by Gasteiger charge is -2.29. The highest BCUT2D eigenvalue weighted by molar-refractivity contribution is 6.68. The van der Waals surface area contributed by atoms with Gasteiger partial charge in [-0.3, -0.25) is 0 Å². The zero-order valence-electron chi connectivity index (χ0n) is 18.8. The van der Waals surface area contributed by atoms with Crippen LogP contribution in [0.4, 0.5) is 10.1 Å². The van der Waals surface area contributed by atoms with E-state index in [-0.39, 0.29) is 5.82 Å². The van der Waals surface area contributed by atoms with E-state index >= 15 is 0 Å². The van der Waals surface area contributed by atoms with Crippen LogP contribution in [0.3, 0.4) is 0 Å². The Kier molecular flexibility index (Phi) is 7.16. The first-order chi connectivity index (χ1) is 16.0. The molecule has 1 aliphatic heterocycles. The van der Waals surface area contributed by atoms with Crippen LogP contribution in [0.5, 0.6) is 0 Å². The van der Waals surface area contributed by atoms with E-state index in [4.69, 9.17) is 16.3 Å². The molecule has 0 atom stereocenters. The second-order valence-corrected chi connectivity index (χ2v) is 8.49. The van der Waals surface area contributed by atoms with Gasteiger partial charge < -0.3 is 9.64 Å². The molecule has 1 aliphatic rings. The van der Waals surface area contributed by atoms with E-state index in [1.807, 2.05) is 38.1 Å². The van der Waals surface area contributed by atoms with Gasteiger partial charge in [-0.05, 0) is 55.8 Å². The summed E-state index contributed by atoms with van der Waals surface area (Å²) >= 11 is 6.07. The van der Waals surface area contributed by atoms with Crippen molar-refractivity contribution in [1.29, 1.82) is 0 Å². The molecule has 3 aromatic rings. The van der Waals surface area contributed by atoms with Crippen molar-refractivity contribution in [2.75, 3.05) is 31.2 Å². The van der Waals surface area contributed by atoms with Crippen LogP contribution in [0, 0.1) is 5.82 Å². The average molecular weight is 465 g/mol. The lowest BCUT2D eigenvalue weighted by atomic mass is 10.00. The van der Waals surface area contributed by atoms with Crippen LogP contribution in [0.1, 0.15) is 19.4 Å². The Morgan fingerprint density at radius 3 is 2.70 bits per heavy atom. The number of ether oxygens (including phenoxy) is 1. The molecule has 1 aromatic heterocycles. The standard InChI is InChI=1S/C26H26ClFN4O/c1-4-25(27)31-23(17(2)3)14-18-5-8-22(28)21(13-18)26-20-7-6-19(15-24(20)29-16-30-26)32-9-11-33-12-10-32/h4-8,13,15-16H,1,9-12,14H2,2-3H3. The van der Waals surface area contributed by atoms with E-state index in [0.717, 1.165) is 46.5 Å². The Morgan fingerprint density at radius 1 is 1.18 bits per heavy atom. The molecule has 4 rings (SSSR count). The van der Waals surface area contributed by atoms with Gasteiger partial charge in [-0.1, -0.05) is 29.8 Å². The van der Waals surface area contributed by atoms with E-state index in [2.05, 4.69) is 26.4 Å². The van der Waals surface area contributed by atoms with Gasteiger partial charge in [0.1, 0.15) is 17.3 Å². The fraction of sp³-hybridized carbons (Fsp3) is 0.269. The number of morpholine rings is 1. The van der Waals surface area contributed by atoms with Crippen molar-refractivity contribution in [2.24, 2.45) is 4.99 Å². The summed E-state index contributed by atoms with van der Waals surface area (Å²) in [6.07, 6.45) is 3.51. The van der Waals surface area contributed by atoms with Crippen LogP contribution in [-0.4, -0.2) is 41.4 Å². The van der Waals surface area contributed by atoms with Crippen molar-refractivity contribution in [3.8, 4) is 11.3 Å². The second-order valence-electron chi connectivity index (χ2n) is 8.10. The van der Waals surface area contributed by atoms with Crippen LogP contribution in [0.15, 0.2) is 71.6 Å². The van der Waals surface area contributed by atoms with Crippen molar-refractivity contribution in [1.82, 2.24) is 9.97 Å². The molecule has 0 aliphatic carbocycles. The van der Waals surface area contributed by atoms with Crippen molar-refractivity contribution in [3.05, 3.63) is 78.0 Å². The van der Waals surface area contributed by atoms with E-state index in [9.17, 15) is 4.39 Å². The zero-order chi connectivity index (χ0) is 23.4. The molecule has 0 N–H and O–H groups in total. The second kappa shape index (κ2) is 10.2. The molecule has 1 fully saturated rings. The lowest BCUT2D eigenvalue weighted by molar-refractivity contribution is 0.122. The molecular weight excluding hydrogens is 439 g/mol. The van der Waals surface area contributed by atoms with Gasteiger partial charge in [-0.15, -0.1) is 0 Å². The first kappa shape index (κ1) is 23.1. The SMILES string of the molecule is C=CC(Cl)=NC(Cc1ccc(F)c(-c2ncnc3cc(N4CCOCC4)ccc23)c1)=C(C)C. The number of hydrogen-bond acceptors (Lipinski definition) is 5. The number of aliphatic imine (C=N–C) groups is 1. The van der Waals surface area contributed by atoms with Crippen molar-refractivity contribution in [3.63, 3.8) is 0 Å². The maximum Gasteiger partial charge on any atom is 0.132 e. The fourth-order valence-corrected chi connectivity index (χ4v) is 3.94. The summed E-state index contributed by atoms with van der Waals surface area (Å²) in [5.41, 5.74) is 5.63. The highest BCUT2D eigenvalue weighted by Gasteiger charge is 2.16. The number of nitrogens with zero attached hydrogens (tertiary/aromatic N) is 4. The number of rotatable bonds is 6. The molecule has 1 saturated heterocycles. The summed E-state index contributed by atoms with van der Waals surface area (Å²) in [5.74, 6) is -0.331. The van der Waals surface area contributed by atoms with Crippen molar-refractivity contribution < 1.29 is 9.13 Å². The molecule has 5 nitrogen and oxygen atoms in total. The maximum atomic E-state index is 15.0. The number of benzene rings is 2. The summed E-state index contributed by atoms with van der Waals surface area (Å²) in [5, 5.41) is 1.13. The summed E-state index contributed by atoms with van der Waals surface area (Å²) in [4.78, 5) is 15.6. The van der Waals surface area contributed by atoms with E-state index < -0.39 is 0 Å². The van der Waals surface area contributed by atoms with Crippen LogP contribution < -0.4 is 4.90 Å². The molecule has 170 valence electrons. The number of fused-ring (bicyclic) bond motifs is 1. The molecule has 0 saturated carbocycles. The number of aromatic nitrogens is 2. The quantitative estimate of drug-likeness (QED) is 0.424. The Hall–Kier alpha value is -3.09. The minimum absolute atomic E-state index is 0.325. The molecule has 0 bridgehead atoms. The van der Waals surface area contributed by atoms with Gasteiger partial charge in [0, 0.05) is 41.8 Å². The minimum atomic E-state index is -0.331. The van der Waals surface area contributed by atoms with Gasteiger partial charge in [0.15, 0.2) is 0 Å². The number of anilines is 1. The third-order valence-corrected chi connectivity index (χ3v) is 5.88. The molecule has 0 unspecified atom stereocenters. The molecule has 0 spiro atoms. The van der Waals surface area contributed by atoms with Crippen LogP contribution in [0.2, 0.25) is 0 Å². The largest absolute Gasteiger partial charge is 0.378 e. The van der Waals surface area contributed by atoms with Gasteiger partial charge in [-0.25, -0.2) is 19.4 Å². The zero-order valence-corrected chi connectivity index (χ0v) is 19.6.